The highest BCUT2D eigenvalue weighted by Gasteiger charge is 2.29. The van der Waals surface area contributed by atoms with E-state index in [-0.39, 0.29) is 11.8 Å². The summed E-state index contributed by atoms with van der Waals surface area (Å²) in [6.07, 6.45) is 6.23. The Morgan fingerprint density at radius 1 is 1.20 bits per heavy atom. The number of anilines is 1. The molecule has 7 nitrogen and oxygen atoms in total. The predicted molar refractivity (Wildman–Crippen MR) is 73.0 cm³/mol. The van der Waals surface area contributed by atoms with E-state index in [1.54, 1.807) is 0 Å². The van der Waals surface area contributed by atoms with Crippen LogP contribution in [0.2, 0.25) is 5.15 Å². The Hall–Kier alpha value is -2.15. The summed E-state index contributed by atoms with van der Waals surface area (Å²) in [6.45, 7) is 1.82. The topological polar surface area (TPSA) is 93.5 Å². The van der Waals surface area contributed by atoms with Crippen molar-refractivity contribution in [2.24, 2.45) is 5.92 Å². The van der Waals surface area contributed by atoms with Crippen LogP contribution in [-0.4, -0.2) is 30.8 Å². The minimum atomic E-state index is 0.0229. The molecule has 0 atom stereocenters. The number of carbonyl (C=O) groups excluding carboxylic acids is 1. The fourth-order valence-electron chi connectivity index (χ4n) is 1.27. The number of carbonyl (C=O) groups is 1. The van der Waals surface area contributed by atoms with E-state index >= 15 is 0 Å². The van der Waals surface area contributed by atoms with Gasteiger partial charge >= 0.3 is 0 Å². The SMILES string of the molecule is Cc1ncncn1.O=C(Nc1cc(Cl)ncn1)C1CC1. The maximum absolute atomic E-state index is 11.3. The van der Waals surface area contributed by atoms with Crippen LogP contribution < -0.4 is 5.32 Å². The third-order valence-electron chi connectivity index (χ3n) is 2.46. The molecule has 1 amide bonds. The standard InChI is InChI=1S/C8H8ClN3O.C4H5N3/c9-6-3-7(11-4-10-6)12-8(13)5-1-2-5;1-4-6-2-5-3-7-4/h3-5H,1-2H2,(H,10,11,12,13);2-3H,1H3. The van der Waals surface area contributed by atoms with Gasteiger partial charge in [0.15, 0.2) is 0 Å². The van der Waals surface area contributed by atoms with Crippen molar-refractivity contribution in [2.45, 2.75) is 19.8 Å². The Bertz CT molecular complexity index is 575. The van der Waals surface area contributed by atoms with Gasteiger partial charge in [-0.15, -0.1) is 0 Å². The number of hydrogen-bond donors (Lipinski definition) is 1. The predicted octanol–water partition coefficient (Wildman–Crippen LogP) is 1.66. The van der Waals surface area contributed by atoms with Crippen molar-refractivity contribution in [3.05, 3.63) is 36.0 Å². The number of aryl methyl sites for hydroxylation is 1. The van der Waals surface area contributed by atoms with E-state index in [1.165, 1.54) is 25.0 Å². The van der Waals surface area contributed by atoms with Gasteiger partial charge in [-0.3, -0.25) is 4.79 Å². The molecule has 2 heterocycles. The van der Waals surface area contributed by atoms with Crippen molar-refractivity contribution in [3.63, 3.8) is 0 Å². The smallest absolute Gasteiger partial charge is 0.228 e. The first-order valence-corrected chi connectivity index (χ1v) is 6.40. The van der Waals surface area contributed by atoms with Crippen molar-refractivity contribution in [1.82, 2.24) is 24.9 Å². The quantitative estimate of drug-likeness (QED) is 0.846. The fourth-order valence-corrected chi connectivity index (χ4v) is 1.42. The first-order valence-electron chi connectivity index (χ1n) is 6.02. The van der Waals surface area contributed by atoms with Crippen LogP contribution in [0.25, 0.3) is 0 Å². The molecule has 2 aromatic rings. The van der Waals surface area contributed by atoms with E-state index in [4.69, 9.17) is 11.6 Å². The van der Waals surface area contributed by atoms with Crippen LogP contribution in [0, 0.1) is 12.8 Å². The summed E-state index contributed by atoms with van der Waals surface area (Å²) in [5.41, 5.74) is 0. The maximum atomic E-state index is 11.3. The van der Waals surface area contributed by atoms with Crippen LogP contribution in [0.5, 0.6) is 0 Å². The van der Waals surface area contributed by atoms with Gasteiger partial charge < -0.3 is 5.32 Å². The molecule has 1 fully saturated rings. The summed E-state index contributed by atoms with van der Waals surface area (Å²) in [7, 11) is 0. The van der Waals surface area contributed by atoms with E-state index in [2.05, 4.69) is 30.2 Å². The summed E-state index contributed by atoms with van der Waals surface area (Å²) in [4.78, 5) is 30.0. The molecule has 104 valence electrons. The Morgan fingerprint density at radius 3 is 2.40 bits per heavy atom. The largest absolute Gasteiger partial charge is 0.310 e. The van der Waals surface area contributed by atoms with Crippen molar-refractivity contribution in [2.75, 3.05) is 5.32 Å². The highest BCUT2D eigenvalue weighted by atomic mass is 35.5. The molecule has 1 N–H and O–H groups in total. The van der Waals surface area contributed by atoms with Crippen molar-refractivity contribution in [3.8, 4) is 0 Å². The molecule has 20 heavy (non-hydrogen) atoms. The first-order chi connectivity index (χ1) is 9.65. The number of hydrogen-bond acceptors (Lipinski definition) is 6. The molecule has 0 aliphatic heterocycles. The number of nitrogens with one attached hydrogen (secondary N) is 1. The van der Waals surface area contributed by atoms with E-state index < -0.39 is 0 Å². The minimum absolute atomic E-state index is 0.0229. The van der Waals surface area contributed by atoms with E-state index in [9.17, 15) is 4.79 Å². The van der Waals surface area contributed by atoms with Crippen molar-refractivity contribution >= 4 is 23.3 Å². The summed E-state index contributed by atoms with van der Waals surface area (Å²) in [5, 5.41) is 3.00. The van der Waals surface area contributed by atoms with Crippen LogP contribution >= 0.6 is 11.6 Å². The van der Waals surface area contributed by atoms with Gasteiger partial charge in [0, 0.05) is 12.0 Å². The van der Waals surface area contributed by atoms with Crippen LogP contribution in [0.4, 0.5) is 5.82 Å². The number of halogens is 1. The molecule has 2 aromatic heterocycles. The second-order valence-electron chi connectivity index (χ2n) is 4.17. The molecule has 0 bridgehead atoms. The molecule has 0 saturated heterocycles. The van der Waals surface area contributed by atoms with Crippen LogP contribution in [-0.2, 0) is 4.79 Å². The molecule has 3 rings (SSSR count). The zero-order valence-corrected chi connectivity index (χ0v) is 11.6. The lowest BCUT2D eigenvalue weighted by molar-refractivity contribution is -0.117. The Labute approximate surface area is 120 Å². The summed E-state index contributed by atoms with van der Waals surface area (Å²) in [5.74, 6) is 1.43. The van der Waals surface area contributed by atoms with Gasteiger partial charge in [0.25, 0.3) is 0 Å². The highest BCUT2D eigenvalue weighted by molar-refractivity contribution is 6.29. The number of rotatable bonds is 2. The molecule has 0 radical (unpaired) electrons. The molecular formula is C12H13ClN6O. The van der Waals surface area contributed by atoms with Crippen LogP contribution in [0.1, 0.15) is 18.7 Å². The molecule has 1 saturated carbocycles. The number of aromatic nitrogens is 5. The lowest BCUT2D eigenvalue weighted by Crippen LogP contribution is -2.14. The number of nitrogens with zero attached hydrogens (tertiary/aromatic N) is 5. The Balaban J connectivity index is 0.000000178. The molecule has 1 aliphatic carbocycles. The van der Waals surface area contributed by atoms with Crippen LogP contribution in [0.3, 0.4) is 0 Å². The second kappa shape index (κ2) is 6.85. The van der Waals surface area contributed by atoms with Gasteiger partial charge in [-0.05, 0) is 19.8 Å². The zero-order chi connectivity index (χ0) is 14.4. The molecular weight excluding hydrogens is 280 g/mol. The molecule has 0 spiro atoms. The summed E-state index contributed by atoms with van der Waals surface area (Å²) >= 11 is 5.62. The number of amides is 1. The van der Waals surface area contributed by atoms with Crippen molar-refractivity contribution < 1.29 is 4.79 Å². The first kappa shape index (κ1) is 14.3. The normalized spacial score (nSPS) is 13.1. The Kier molecular flexibility index (Phi) is 4.89. The van der Waals surface area contributed by atoms with Gasteiger partial charge in [-0.25, -0.2) is 24.9 Å². The minimum Gasteiger partial charge on any atom is -0.310 e. The monoisotopic (exact) mass is 292 g/mol. The second-order valence-corrected chi connectivity index (χ2v) is 4.56. The molecule has 0 aromatic carbocycles. The third kappa shape index (κ3) is 4.85. The average Bonchev–Trinajstić information content (AvgIpc) is 3.24. The zero-order valence-electron chi connectivity index (χ0n) is 10.8. The van der Waals surface area contributed by atoms with Gasteiger partial charge in [-0.1, -0.05) is 11.6 Å². The molecule has 0 unspecified atom stereocenters. The van der Waals surface area contributed by atoms with Gasteiger partial charge in [-0.2, -0.15) is 0 Å². The summed E-state index contributed by atoms with van der Waals surface area (Å²) in [6, 6.07) is 1.53. The Morgan fingerprint density at radius 2 is 1.90 bits per heavy atom. The molecule has 8 heteroatoms. The lowest BCUT2D eigenvalue weighted by Gasteiger charge is -2.01. The fraction of sp³-hybridized carbons (Fsp3) is 0.333. The van der Waals surface area contributed by atoms with Gasteiger partial charge in [0.1, 0.15) is 35.8 Å². The third-order valence-corrected chi connectivity index (χ3v) is 2.66. The lowest BCUT2D eigenvalue weighted by atomic mass is 10.4. The van der Waals surface area contributed by atoms with E-state index in [0.29, 0.717) is 11.0 Å². The van der Waals surface area contributed by atoms with E-state index in [1.807, 2.05) is 6.92 Å². The maximum Gasteiger partial charge on any atom is 0.228 e. The highest BCUT2D eigenvalue weighted by Crippen LogP contribution is 2.29. The van der Waals surface area contributed by atoms with Gasteiger partial charge in [0.05, 0.1) is 0 Å². The van der Waals surface area contributed by atoms with Gasteiger partial charge in [0.2, 0.25) is 5.91 Å². The van der Waals surface area contributed by atoms with Crippen molar-refractivity contribution in [1.29, 1.82) is 0 Å². The molecule has 1 aliphatic rings. The average molecular weight is 293 g/mol. The van der Waals surface area contributed by atoms with Crippen LogP contribution in [0.15, 0.2) is 25.0 Å². The summed E-state index contributed by atoms with van der Waals surface area (Å²) < 4.78 is 0. The van der Waals surface area contributed by atoms with E-state index in [0.717, 1.165) is 18.7 Å².